The summed E-state index contributed by atoms with van der Waals surface area (Å²) >= 11 is 4.30. The SMILES string of the molecule is CC(C)(C)[Si](C([Si](C)(C)C)[Si](C)(C)Br)(C(C)(C)C)C(C)(C)C. The first-order valence-corrected chi connectivity index (χ1v) is 19.8. The average molecular weight is 424 g/mol. The Hall–Kier alpha value is 1.13. The minimum atomic E-state index is -1.72. The lowest BCUT2D eigenvalue weighted by atomic mass is 10.2. The molecule has 22 heavy (non-hydrogen) atoms. The van der Waals surface area contributed by atoms with Crippen molar-refractivity contribution in [2.45, 2.75) is 115 Å². The molecule has 134 valence electrons. The molecule has 0 N–H and O–H groups in total. The van der Waals surface area contributed by atoms with Crippen molar-refractivity contribution in [3.8, 4) is 0 Å². The van der Waals surface area contributed by atoms with E-state index in [0.717, 1.165) is 4.79 Å². The van der Waals surface area contributed by atoms with E-state index in [0.29, 0.717) is 15.1 Å². The summed E-state index contributed by atoms with van der Waals surface area (Å²) in [4.78, 5) is 0.937. The van der Waals surface area contributed by atoms with Crippen LogP contribution < -0.4 is 0 Å². The molecule has 0 rings (SSSR count). The normalized spacial score (nSPS) is 17.6. The van der Waals surface area contributed by atoms with Crippen molar-refractivity contribution in [2.24, 2.45) is 0 Å². The molecule has 0 radical (unpaired) electrons. The zero-order valence-corrected chi connectivity index (χ0v) is 22.5. The van der Waals surface area contributed by atoms with Crippen molar-refractivity contribution >= 4 is 38.1 Å². The van der Waals surface area contributed by atoms with Crippen molar-refractivity contribution in [3.05, 3.63) is 0 Å². The first-order chi connectivity index (χ1) is 9.12. The van der Waals surface area contributed by atoms with Gasteiger partial charge in [0.05, 0.1) is 8.07 Å². The second-order valence-corrected chi connectivity index (χ2v) is 35.5. The summed E-state index contributed by atoms with van der Waals surface area (Å²) in [7, 11) is -3.03. The van der Waals surface area contributed by atoms with Crippen LogP contribution in [0.3, 0.4) is 0 Å². The molecule has 0 saturated heterocycles. The molecular formula is C18H43BrSi3. The standard InChI is InChI=1S/C18H43BrSi3/c1-16(2,3)22(17(4,5)6,18(7,8)9)15(20(10,11)12)21(13,14)19/h15H,1-14H3. The van der Waals surface area contributed by atoms with Crippen molar-refractivity contribution in [1.82, 2.24) is 0 Å². The van der Waals surface area contributed by atoms with Gasteiger partial charge in [-0.2, -0.15) is 0 Å². The van der Waals surface area contributed by atoms with Gasteiger partial charge in [0, 0.05) is 8.07 Å². The summed E-state index contributed by atoms with van der Waals surface area (Å²) in [5, 5.41) is 1.19. The molecule has 0 saturated carbocycles. The van der Waals surface area contributed by atoms with Crippen LogP contribution in [0, 0.1) is 0 Å². The van der Waals surface area contributed by atoms with Gasteiger partial charge in [-0.15, -0.1) is 15.3 Å². The molecule has 0 aromatic heterocycles. The Labute approximate surface area is 152 Å². The molecule has 0 bridgehead atoms. The second-order valence-electron chi connectivity index (χ2n) is 11.9. The average Bonchev–Trinajstić information content (AvgIpc) is 2.02. The number of hydrogen-bond acceptors (Lipinski definition) is 0. The highest BCUT2D eigenvalue weighted by Gasteiger charge is 2.68. The quantitative estimate of drug-likeness (QED) is 0.317. The Morgan fingerprint density at radius 2 is 0.818 bits per heavy atom. The maximum absolute atomic E-state index is 4.30. The summed E-state index contributed by atoms with van der Waals surface area (Å²) in [6.07, 6.45) is 0. The van der Waals surface area contributed by atoms with Crippen LogP contribution in [0.1, 0.15) is 62.3 Å². The second kappa shape index (κ2) is 6.14. The molecule has 0 fully saturated rings. The Balaban J connectivity index is 7.05. The third-order valence-corrected chi connectivity index (χ3v) is 32.6. The van der Waals surface area contributed by atoms with Crippen molar-refractivity contribution in [1.29, 1.82) is 0 Å². The van der Waals surface area contributed by atoms with Gasteiger partial charge in [0.2, 0.25) is 0 Å². The maximum Gasteiger partial charge on any atom is 0.122 e. The first kappa shape index (κ1) is 23.1. The van der Waals surface area contributed by atoms with Gasteiger partial charge in [-0.25, -0.2) is 0 Å². The van der Waals surface area contributed by atoms with Crippen LogP contribution in [0.5, 0.6) is 0 Å². The van der Waals surface area contributed by atoms with Gasteiger partial charge in [0.1, 0.15) is 6.69 Å². The smallest absolute Gasteiger partial charge is 0.122 e. The fraction of sp³-hybridized carbons (Fsp3) is 1.00. The molecular weight excluding hydrogens is 380 g/mol. The van der Waals surface area contributed by atoms with Crippen molar-refractivity contribution in [2.75, 3.05) is 0 Å². The maximum atomic E-state index is 4.30. The lowest BCUT2D eigenvalue weighted by molar-refractivity contribution is 0.529. The van der Waals surface area contributed by atoms with Crippen LogP contribution >= 0.6 is 15.3 Å². The van der Waals surface area contributed by atoms with E-state index in [9.17, 15) is 0 Å². The monoisotopic (exact) mass is 422 g/mol. The molecule has 4 heteroatoms. The van der Waals surface area contributed by atoms with Crippen LogP contribution in [-0.2, 0) is 0 Å². The van der Waals surface area contributed by atoms with E-state index in [-0.39, 0.29) is 0 Å². The highest BCUT2D eigenvalue weighted by molar-refractivity contribution is 9.26. The topological polar surface area (TPSA) is 0 Å². The van der Waals surface area contributed by atoms with E-state index in [1.165, 1.54) is 0 Å². The molecule has 0 heterocycles. The van der Waals surface area contributed by atoms with E-state index >= 15 is 0 Å². The molecule has 0 aliphatic carbocycles. The number of halogens is 1. The predicted octanol–water partition coefficient (Wildman–Crippen LogP) is 8.22. The minimum Gasteiger partial charge on any atom is -0.127 e. The molecule has 0 aromatic rings. The predicted molar refractivity (Wildman–Crippen MR) is 118 cm³/mol. The highest BCUT2D eigenvalue weighted by Crippen LogP contribution is 2.70. The summed E-state index contributed by atoms with van der Waals surface area (Å²) < 4.78 is 0. The van der Waals surface area contributed by atoms with E-state index in [1.54, 1.807) is 0 Å². The third kappa shape index (κ3) is 4.02. The Kier molecular flexibility index (Phi) is 6.45. The Morgan fingerprint density at radius 3 is 0.864 bits per heavy atom. The van der Waals surface area contributed by atoms with E-state index in [4.69, 9.17) is 0 Å². The van der Waals surface area contributed by atoms with Crippen molar-refractivity contribution in [3.63, 3.8) is 0 Å². The zero-order chi connectivity index (χ0) is 18.6. The molecule has 1 unspecified atom stereocenters. The van der Waals surface area contributed by atoms with Gasteiger partial charge in [-0.3, -0.25) is 0 Å². The fourth-order valence-corrected chi connectivity index (χ4v) is 50.8. The van der Waals surface area contributed by atoms with E-state index in [2.05, 4.69) is 110 Å². The molecule has 1 atom stereocenters. The first-order valence-electron chi connectivity index (χ1n) is 8.81. The number of rotatable bonds is 3. The molecule has 0 aliphatic rings. The minimum absolute atomic E-state index is 0.395. The van der Waals surface area contributed by atoms with Gasteiger partial charge < -0.3 is 0 Å². The van der Waals surface area contributed by atoms with Crippen LogP contribution in [0.4, 0.5) is 0 Å². The summed E-state index contributed by atoms with van der Waals surface area (Å²) in [6.45, 7) is 34.5. The largest absolute Gasteiger partial charge is 0.127 e. The van der Waals surface area contributed by atoms with Crippen molar-refractivity contribution < 1.29 is 0 Å². The third-order valence-electron chi connectivity index (χ3n) is 5.53. The van der Waals surface area contributed by atoms with Gasteiger partial charge in [0.15, 0.2) is 0 Å². The summed E-state index contributed by atoms with van der Waals surface area (Å²) in [5.41, 5.74) is 0. The van der Waals surface area contributed by atoms with Gasteiger partial charge in [-0.05, 0) is 19.9 Å². The van der Waals surface area contributed by atoms with Gasteiger partial charge in [-0.1, -0.05) is 95.0 Å². The number of hydrogen-bond donors (Lipinski definition) is 0. The van der Waals surface area contributed by atoms with Gasteiger partial charge in [0.25, 0.3) is 0 Å². The van der Waals surface area contributed by atoms with Gasteiger partial charge >= 0.3 is 0 Å². The highest BCUT2D eigenvalue weighted by atomic mass is 79.9. The zero-order valence-electron chi connectivity index (χ0n) is 18.0. The summed E-state index contributed by atoms with van der Waals surface area (Å²) in [5.74, 6) is 0. The van der Waals surface area contributed by atoms with Crippen LogP contribution in [0.25, 0.3) is 0 Å². The van der Waals surface area contributed by atoms with Crippen LogP contribution in [-0.4, -0.2) is 22.8 Å². The van der Waals surface area contributed by atoms with Crippen LogP contribution in [0.15, 0.2) is 0 Å². The molecule has 0 amide bonds. The lowest BCUT2D eigenvalue weighted by Crippen LogP contribution is -2.70. The fourth-order valence-electron chi connectivity index (χ4n) is 6.87. The molecule has 0 spiro atoms. The van der Waals surface area contributed by atoms with E-state index < -0.39 is 22.8 Å². The Bertz CT molecular complexity index is 331. The molecule has 0 aliphatic heterocycles. The summed E-state index contributed by atoms with van der Waals surface area (Å²) in [6, 6.07) is 0. The Morgan fingerprint density at radius 1 is 0.591 bits per heavy atom. The lowest BCUT2D eigenvalue weighted by Gasteiger charge is -2.67. The van der Waals surface area contributed by atoms with Crippen LogP contribution in [0.2, 0.25) is 52.6 Å². The van der Waals surface area contributed by atoms with E-state index in [1.807, 2.05) is 0 Å². The molecule has 0 nitrogen and oxygen atoms in total. The molecule has 0 aromatic carbocycles.